The number of H-pyrrole nitrogens is 2. The van der Waals surface area contributed by atoms with Crippen LogP contribution in [0, 0.1) is 29.3 Å². The number of nitrogens with zero attached hydrogens (tertiary/aromatic N) is 6. The number of ether oxygens (including phenoxy) is 2. The molecule has 374 valence electrons. The Morgan fingerprint density at radius 2 is 1.09 bits per heavy atom. The number of methoxy groups -OCH3 is 2. The van der Waals surface area contributed by atoms with Crippen molar-refractivity contribution >= 4 is 57.4 Å². The summed E-state index contributed by atoms with van der Waals surface area (Å²) in [6.45, 7) is 9.30. The van der Waals surface area contributed by atoms with Crippen molar-refractivity contribution in [2.75, 3.05) is 50.2 Å². The van der Waals surface area contributed by atoms with Crippen LogP contribution in [0.5, 0.6) is 0 Å². The number of halogens is 3. The van der Waals surface area contributed by atoms with Crippen LogP contribution >= 0.6 is 0 Å². The minimum atomic E-state index is -1.21. The van der Waals surface area contributed by atoms with E-state index in [-0.39, 0.29) is 47.1 Å². The van der Waals surface area contributed by atoms with E-state index in [9.17, 15) is 19.2 Å². The molecule has 0 saturated carbocycles. The lowest BCUT2D eigenvalue weighted by atomic mass is 10.0. The molecular formula is C51H63F3N10O6. The molecule has 3 aromatic carbocycles. The van der Waals surface area contributed by atoms with Crippen molar-refractivity contribution in [3.63, 3.8) is 0 Å². The molecule has 19 heteroatoms. The quantitative estimate of drug-likeness (QED) is 0.0882. The van der Waals surface area contributed by atoms with Crippen LogP contribution in [0.2, 0.25) is 0 Å². The van der Waals surface area contributed by atoms with Gasteiger partial charge in [-0.1, -0.05) is 39.8 Å². The van der Waals surface area contributed by atoms with Crippen molar-refractivity contribution in [1.29, 1.82) is 0 Å². The molecule has 4 fully saturated rings. The summed E-state index contributed by atoms with van der Waals surface area (Å²) in [5, 5.41) is 5.37. The van der Waals surface area contributed by atoms with Gasteiger partial charge in [-0.15, -0.1) is 0 Å². The number of likely N-dealkylation sites (tertiary alicyclic amines) is 2. The van der Waals surface area contributed by atoms with Gasteiger partial charge >= 0.3 is 12.2 Å². The highest BCUT2D eigenvalue weighted by Crippen LogP contribution is 2.50. The summed E-state index contributed by atoms with van der Waals surface area (Å²) >= 11 is 0. The number of piperidine rings is 1. The zero-order valence-electron chi connectivity index (χ0n) is 40.6. The van der Waals surface area contributed by atoms with E-state index in [1.165, 1.54) is 14.2 Å². The lowest BCUT2D eigenvalue weighted by Gasteiger charge is -2.35. The number of rotatable bonds is 12. The molecule has 4 N–H and O–H groups in total. The molecule has 0 spiro atoms. The summed E-state index contributed by atoms with van der Waals surface area (Å²) in [5.41, 5.74) is 3.73. The van der Waals surface area contributed by atoms with Gasteiger partial charge in [-0.3, -0.25) is 9.59 Å². The molecule has 4 aliphatic heterocycles. The van der Waals surface area contributed by atoms with Gasteiger partial charge < -0.3 is 49.7 Å². The van der Waals surface area contributed by atoms with Gasteiger partial charge in [-0.25, -0.2) is 32.7 Å². The molecule has 0 unspecified atom stereocenters. The zero-order chi connectivity index (χ0) is 49.5. The smallest absolute Gasteiger partial charge is 0.407 e. The summed E-state index contributed by atoms with van der Waals surface area (Å²) in [5.74, 6) is -2.81. The van der Waals surface area contributed by atoms with Gasteiger partial charge in [0, 0.05) is 32.2 Å². The first-order valence-electron chi connectivity index (χ1n) is 24.7. The van der Waals surface area contributed by atoms with Crippen LogP contribution in [0.3, 0.4) is 0 Å². The van der Waals surface area contributed by atoms with Gasteiger partial charge in [0.2, 0.25) is 11.8 Å². The molecule has 9 rings (SSSR count). The Hall–Kier alpha value is -6.53. The molecule has 6 atom stereocenters. The fourth-order valence-electron chi connectivity index (χ4n) is 11.2. The van der Waals surface area contributed by atoms with Crippen molar-refractivity contribution < 1.29 is 41.8 Å². The van der Waals surface area contributed by atoms with Crippen LogP contribution in [0.4, 0.5) is 34.1 Å². The molecule has 0 bridgehead atoms. The van der Waals surface area contributed by atoms with Crippen LogP contribution < -0.4 is 20.4 Å². The standard InChI is InChI=1S/C51H63F3N10O6/c1-27(2)43(59-50(67)69-5)48(65)62-22-10-12-38(62)46-55-32-16-14-29(24-34(32)57-46)36-18-19-37(64(36)40-26-31(52)45(42(54)41(40)53)61-20-8-7-9-21-61)30-15-17-33-35(25-30)58-47(56-33)39-13-11-23-63(39)49(66)44(28(3)4)60-51(68)70-6/h14-17,24-28,36-39,43-44H,7-13,18-23H2,1-6H3,(H,55,57)(H,56,58)(H,59,67)(H,60,68)/t36-,37+,38-,39-,43-,44-/m0/s1. The predicted molar refractivity (Wildman–Crippen MR) is 257 cm³/mol. The second-order valence-electron chi connectivity index (χ2n) is 19.8. The van der Waals surface area contributed by atoms with Crippen molar-refractivity contribution in [2.24, 2.45) is 11.8 Å². The van der Waals surface area contributed by atoms with Gasteiger partial charge in [0.05, 0.1) is 66.1 Å². The number of fused-ring (bicyclic) bond motifs is 2. The van der Waals surface area contributed by atoms with Crippen molar-refractivity contribution in [1.82, 2.24) is 40.4 Å². The van der Waals surface area contributed by atoms with E-state index >= 15 is 13.2 Å². The molecule has 5 aromatic rings. The predicted octanol–water partition coefficient (Wildman–Crippen LogP) is 9.02. The molecule has 70 heavy (non-hydrogen) atoms. The number of aromatic amines is 2. The number of nitrogens with one attached hydrogen (secondary N) is 4. The minimum Gasteiger partial charge on any atom is -0.453 e. The van der Waals surface area contributed by atoms with Crippen molar-refractivity contribution in [2.45, 2.75) is 122 Å². The van der Waals surface area contributed by atoms with E-state index in [0.717, 1.165) is 49.3 Å². The van der Waals surface area contributed by atoms with Gasteiger partial charge in [0.15, 0.2) is 17.5 Å². The number of imidazole rings is 2. The molecule has 6 heterocycles. The van der Waals surface area contributed by atoms with Crippen LogP contribution in [-0.2, 0) is 19.1 Å². The molecular weight excluding hydrogens is 906 g/mol. The first kappa shape index (κ1) is 48.5. The number of aromatic nitrogens is 4. The van der Waals surface area contributed by atoms with Crippen LogP contribution in [0.15, 0.2) is 42.5 Å². The highest BCUT2D eigenvalue weighted by atomic mass is 19.2. The fourth-order valence-corrected chi connectivity index (χ4v) is 11.2. The second kappa shape index (κ2) is 20.1. The van der Waals surface area contributed by atoms with E-state index in [1.807, 2.05) is 64.1 Å². The molecule has 2 aromatic heterocycles. The van der Waals surface area contributed by atoms with Gasteiger partial charge in [0.25, 0.3) is 0 Å². The van der Waals surface area contributed by atoms with E-state index in [0.29, 0.717) is 85.6 Å². The van der Waals surface area contributed by atoms with Crippen LogP contribution in [0.1, 0.15) is 132 Å². The first-order chi connectivity index (χ1) is 33.7. The normalized spacial score (nSPS) is 21.6. The maximum atomic E-state index is 16.9. The Bertz CT molecular complexity index is 2630. The average Bonchev–Trinajstić information content (AvgIpc) is 4.22. The number of hydrogen-bond donors (Lipinski definition) is 4. The molecule has 4 amide bonds. The fraction of sp³-hybridized carbons (Fsp3) is 0.529. The molecule has 16 nitrogen and oxygen atoms in total. The Labute approximate surface area is 405 Å². The number of anilines is 2. The number of carbonyl (C=O) groups is 4. The highest BCUT2D eigenvalue weighted by Gasteiger charge is 2.42. The lowest BCUT2D eigenvalue weighted by Crippen LogP contribution is -2.51. The van der Waals surface area contributed by atoms with Crippen LogP contribution in [-0.4, -0.2) is 106 Å². The number of alkyl carbamates (subject to hydrolysis) is 2. The van der Waals surface area contributed by atoms with E-state index in [4.69, 9.17) is 19.4 Å². The van der Waals surface area contributed by atoms with Gasteiger partial charge in [-0.05, 0) is 105 Å². The second-order valence-corrected chi connectivity index (χ2v) is 19.8. The topological polar surface area (TPSA) is 181 Å². The summed E-state index contributed by atoms with van der Waals surface area (Å²) < 4.78 is 59.4. The van der Waals surface area contributed by atoms with E-state index < -0.39 is 53.8 Å². The summed E-state index contributed by atoms with van der Waals surface area (Å²) in [6, 6.07) is 9.23. The number of amides is 4. The third-order valence-electron chi connectivity index (χ3n) is 14.8. The minimum absolute atomic E-state index is 0.181. The molecule has 4 aliphatic rings. The Kier molecular flexibility index (Phi) is 13.9. The molecule has 4 saturated heterocycles. The maximum Gasteiger partial charge on any atom is 0.407 e. The molecule has 0 aliphatic carbocycles. The van der Waals surface area contributed by atoms with Crippen molar-refractivity contribution in [3.05, 3.63) is 82.7 Å². The van der Waals surface area contributed by atoms with Crippen LogP contribution in [0.25, 0.3) is 22.1 Å². The third-order valence-corrected chi connectivity index (χ3v) is 14.8. The summed E-state index contributed by atoms with van der Waals surface area (Å²) in [7, 11) is 2.51. The summed E-state index contributed by atoms with van der Waals surface area (Å²) in [6.07, 6.45) is 4.94. The van der Waals surface area contributed by atoms with Gasteiger partial charge in [0.1, 0.15) is 29.4 Å². The average molecular weight is 969 g/mol. The number of carbonyl (C=O) groups excluding carboxylic acids is 4. The number of benzene rings is 3. The Morgan fingerprint density at radius 1 is 0.614 bits per heavy atom. The van der Waals surface area contributed by atoms with Crippen molar-refractivity contribution in [3.8, 4) is 0 Å². The lowest BCUT2D eigenvalue weighted by molar-refractivity contribution is -0.136. The zero-order valence-corrected chi connectivity index (χ0v) is 40.6. The maximum absolute atomic E-state index is 16.9. The molecule has 0 radical (unpaired) electrons. The largest absolute Gasteiger partial charge is 0.453 e. The SMILES string of the molecule is COC(=O)N[C@H](C(=O)N1CCC[C@H]1c1nc2ccc([C@H]3CC[C@@H](c4ccc5nc([C@@H]6CCCN6C(=O)[C@@H](NC(=O)OC)C(C)C)[nH]c5c4)N3c3cc(F)c(N4CCCCC4)c(F)c3F)cc2[nH]1)C(C)C. The Balaban J connectivity index is 1.05. The monoisotopic (exact) mass is 968 g/mol. The first-order valence-corrected chi connectivity index (χ1v) is 24.7. The Morgan fingerprint density at radius 3 is 1.53 bits per heavy atom. The number of hydrogen-bond acceptors (Lipinski definition) is 10. The van der Waals surface area contributed by atoms with E-state index in [1.54, 1.807) is 19.6 Å². The third kappa shape index (κ3) is 9.18. The van der Waals surface area contributed by atoms with E-state index in [2.05, 4.69) is 20.6 Å². The highest BCUT2D eigenvalue weighted by molar-refractivity contribution is 5.88. The summed E-state index contributed by atoms with van der Waals surface area (Å²) in [4.78, 5) is 75.8. The van der Waals surface area contributed by atoms with Gasteiger partial charge in [-0.2, -0.15) is 0 Å².